The number of anilines is 1. The molecule has 0 unspecified atom stereocenters. The van der Waals surface area contributed by atoms with E-state index in [9.17, 15) is 18.8 Å². The fraction of sp³-hybridized carbons (Fsp3) is 0.294. The molecule has 0 radical (unpaired) electrons. The standard InChI is InChI=1S/C17H13Cl2F2N2O4/c18-11-6-22-7-12(19)15(11)23(25)16(24)10-3-4-13(27-17(20)21)14(5-10)26-8-9-1-2-9/h3-7,9,17H,1-2,8H2/q-1. The van der Waals surface area contributed by atoms with Gasteiger partial charge in [-0.3, -0.25) is 9.78 Å². The maximum atomic E-state index is 12.6. The van der Waals surface area contributed by atoms with Crippen LogP contribution in [0.2, 0.25) is 10.0 Å². The molecule has 2 aromatic rings. The molecule has 3 rings (SSSR count). The minimum atomic E-state index is -3.06. The first-order valence-corrected chi connectivity index (χ1v) is 8.64. The number of nitrogens with zero attached hydrogens (tertiary/aromatic N) is 2. The number of pyridine rings is 1. The van der Waals surface area contributed by atoms with Crippen molar-refractivity contribution >= 4 is 34.8 Å². The average Bonchev–Trinajstić information content (AvgIpc) is 3.44. The third kappa shape index (κ3) is 4.77. The van der Waals surface area contributed by atoms with Crippen molar-refractivity contribution in [2.24, 2.45) is 5.92 Å². The molecule has 0 spiro atoms. The molecule has 6 nitrogen and oxygen atoms in total. The first kappa shape index (κ1) is 19.6. The highest BCUT2D eigenvalue weighted by Crippen LogP contribution is 2.36. The molecule has 1 amide bonds. The lowest BCUT2D eigenvalue weighted by Crippen LogP contribution is -2.25. The predicted molar refractivity (Wildman–Crippen MR) is 95.7 cm³/mol. The van der Waals surface area contributed by atoms with Gasteiger partial charge in [0.05, 0.1) is 22.3 Å². The smallest absolute Gasteiger partial charge is 0.387 e. The highest BCUT2D eigenvalue weighted by molar-refractivity contribution is 6.40. The van der Waals surface area contributed by atoms with Crippen molar-refractivity contribution in [3.63, 3.8) is 0 Å². The Labute approximate surface area is 163 Å². The molecule has 1 aromatic carbocycles. The number of carbonyl (C=O) groups is 1. The van der Waals surface area contributed by atoms with Gasteiger partial charge in [0.25, 0.3) is 0 Å². The molecular formula is C17H13Cl2F2N2O4-. The maximum Gasteiger partial charge on any atom is 0.387 e. The summed E-state index contributed by atoms with van der Waals surface area (Å²) in [7, 11) is 0. The maximum absolute atomic E-state index is 12.6. The number of hydrogen-bond acceptors (Lipinski definition) is 5. The van der Waals surface area contributed by atoms with Gasteiger partial charge in [0.1, 0.15) is 0 Å². The summed E-state index contributed by atoms with van der Waals surface area (Å²) in [6.07, 6.45) is 4.31. The molecule has 0 saturated heterocycles. The minimum absolute atomic E-state index is 0.0139. The van der Waals surface area contributed by atoms with E-state index in [0.717, 1.165) is 18.9 Å². The summed E-state index contributed by atoms with van der Waals surface area (Å²) in [6.45, 7) is -2.75. The van der Waals surface area contributed by atoms with Gasteiger partial charge in [-0.05, 0) is 37.0 Å². The van der Waals surface area contributed by atoms with Crippen LogP contribution in [0, 0.1) is 11.1 Å². The molecule has 27 heavy (non-hydrogen) atoms. The van der Waals surface area contributed by atoms with Crippen LogP contribution in [0.5, 0.6) is 11.5 Å². The summed E-state index contributed by atoms with van der Waals surface area (Å²) in [5.41, 5.74) is -0.354. The summed E-state index contributed by atoms with van der Waals surface area (Å²) >= 11 is 11.8. The van der Waals surface area contributed by atoms with Crippen molar-refractivity contribution in [2.75, 3.05) is 11.7 Å². The monoisotopic (exact) mass is 417 g/mol. The van der Waals surface area contributed by atoms with Crippen molar-refractivity contribution in [1.82, 2.24) is 4.98 Å². The second-order valence-electron chi connectivity index (χ2n) is 5.85. The highest BCUT2D eigenvalue weighted by atomic mass is 35.5. The summed E-state index contributed by atoms with van der Waals surface area (Å²) in [6, 6.07) is 3.50. The largest absolute Gasteiger partial charge is 0.751 e. The molecule has 0 bridgehead atoms. The van der Waals surface area contributed by atoms with Crippen molar-refractivity contribution in [2.45, 2.75) is 19.5 Å². The van der Waals surface area contributed by atoms with Gasteiger partial charge >= 0.3 is 6.61 Å². The van der Waals surface area contributed by atoms with Gasteiger partial charge in [-0.25, -0.2) is 0 Å². The lowest BCUT2D eigenvalue weighted by molar-refractivity contribution is -0.0515. The number of rotatable bonds is 7. The normalized spacial score (nSPS) is 13.6. The Bertz CT molecular complexity index is 829. The van der Waals surface area contributed by atoms with E-state index in [1.165, 1.54) is 24.5 Å². The van der Waals surface area contributed by atoms with Crippen LogP contribution in [0.4, 0.5) is 14.5 Å². The molecule has 0 aliphatic heterocycles. The van der Waals surface area contributed by atoms with E-state index in [1.807, 2.05) is 0 Å². The molecule has 1 aliphatic carbocycles. The first-order chi connectivity index (χ1) is 12.9. The number of ether oxygens (including phenoxy) is 2. The molecule has 1 fully saturated rings. The molecule has 144 valence electrons. The van der Waals surface area contributed by atoms with Gasteiger partial charge in [-0.15, -0.1) is 0 Å². The number of hydrogen-bond donors (Lipinski definition) is 0. The quantitative estimate of drug-likeness (QED) is 0.597. The van der Waals surface area contributed by atoms with E-state index >= 15 is 0 Å². The van der Waals surface area contributed by atoms with E-state index in [4.69, 9.17) is 27.9 Å². The highest BCUT2D eigenvalue weighted by Gasteiger charge is 2.24. The van der Waals surface area contributed by atoms with E-state index in [2.05, 4.69) is 9.72 Å². The van der Waals surface area contributed by atoms with Gasteiger partial charge in [0, 0.05) is 18.0 Å². The van der Waals surface area contributed by atoms with Crippen LogP contribution in [0.1, 0.15) is 23.2 Å². The number of halogens is 4. The Morgan fingerprint density at radius 2 is 1.93 bits per heavy atom. The Kier molecular flexibility index (Phi) is 5.98. The van der Waals surface area contributed by atoms with Crippen LogP contribution in [-0.4, -0.2) is 24.1 Å². The number of alkyl halides is 2. The zero-order chi connectivity index (χ0) is 19.6. The topological polar surface area (TPSA) is 74.7 Å². The number of hydroxylamine groups is 1. The lowest BCUT2D eigenvalue weighted by Gasteiger charge is -2.30. The van der Waals surface area contributed by atoms with Crippen LogP contribution in [0.15, 0.2) is 30.6 Å². The van der Waals surface area contributed by atoms with E-state index in [-0.39, 0.29) is 37.9 Å². The van der Waals surface area contributed by atoms with Gasteiger partial charge < -0.3 is 19.7 Å². The molecular weight excluding hydrogens is 405 g/mol. The van der Waals surface area contributed by atoms with Gasteiger partial charge in [-0.1, -0.05) is 23.2 Å². The number of amides is 1. The fourth-order valence-corrected chi connectivity index (χ4v) is 2.77. The predicted octanol–water partition coefficient (Wildman–Crippen LogP) is 4.92. The van der Waals surface area contributed by atoms with E-state index in [0.29, 0.717) is 12.5 Å². The Hall–Kier alpha value is -2.16. The third-order valence-electron chi connectivity index (χ3n) is 3.79. The second kappa shape index (κ2) is 8.24. The molecule has 1 saturated carbocycles. The van der Waals surface area contributed by atoms with Crippen molar-refractivity contribution in [3.05, 3.63) is 51.4 Å². The van der Waals surface area contributed by atoms with Crippen molar-refractivity contribution < 1.29 is 23.0 Å². The molecule has 0 atom stereocenters. The second-order valence-corrected chi connectivity index (χ2v) is 6.66. The third-order valence-corrected chi connectivity index (χ3v) is 4.35. The molecule has 1 aliphatic rings. The Morgan fingerprint density at radius 1 is 1.26 bits per heavy atom. The Balaban J connectivity index is 1.87. The molecule has 1 aromatic heterocycles. The number of carbonyl (C=O) groups excluding carboxylic acids is 1. The molecule has 0 N–H and O–H groups in total. The van der Waals surface area contributed by atoms with Gasteiger partial charge in [0.2, 0.25) is 5.91 Å². The Morgan fingerprint density at radius 3 is 2.52 bits per heavy atom. The average molecular weight is 418 g/mol. The van der Waals surface area contributed by atoms with Crippen LogP contribution < -0.4 is 14.5 Å². The molecule has 1 heterocycles. The minimum Gasteiger partial charge on any atom is -0.751 e. The summed E-state index contributed by atoms with van der Waals surface area (Å²) in [5.74, 6) is -0.924. The van der Waals surface area contributed by atoms with Crippen molar-refractivity contribution in [1.29, 1.82) is 0 Å². The summed E-state index contributed by atoms with van der Waals surface area (Å²) < 4.78 is 35.0. The zero-order valence-electron chi connectivity index (χ0n) is 13.7. The van der Waals surface area contributed by atoms with Gasteiger partial charge in [0.15, 0.2) is 11.5 Å². The lowest BCUT2D eigenvalue weighted by atomic mass is 10.1. The van der Waals surface area contributed by atoms with Crippen LogP contribution in [0.25, 0.3) is 0 Å². The number of benzene rings is 1. The SMILES string of the molecule is O=C(c1ccc(OC(F)F)c(OCC2CC2)c1)N([O-])c1c(Cl)cncc1Cl. The molecule has 10 heteroatoms. The van der Waals surface area contributed by atoms with Crippen LogP contribution >= 0.6 is 23.2 Å². The summed E-state index contributed by atoms with van der Waals surface area (Å²) in [5, 5.41) is 12.2. The van der Waals surface area contributed by atoms with E-state index < -0.39 is 12.5 Å². The van der Waals surface area contributed by atoms with Gasteiger partial charge in [-0.2, -0.15) is 8.78 Å². The zero-order valence-corrected chi connectivity index (χ0v) is 15.2. The fourth-order valence-electron chi connectivity index (χ4n) is 2.26. The van der Waals surface area contributed by atoms with Crippen LogP contribution in [-0.2, 0) is 0 Å². The van der Waals surface area contributed by atoms with E-state index in [1.54, 1.807) is 0 Å². The number of aromatic nitrogens is 1. The first-order valence-electron chi connectivity index (χ1n) is 7.89. The summed E-state index contributed by atoms with van der Waals surface area (Å²) in [4.78, 5) is 16.2. The van der Waals surface area contributed by atoms with Crippen molar-refractivity contribution in [3.8, 4) is 11.5 Å². The van der Waals surface area contributed by atoms with Crippen LogP contribution in [0.3, 0.4) is 0 Å².